The van der Waals surface area contributed by atoms with Gasteiger partial charge in [-0.15, -0.1) is 11.3 Å². The number of hydrogen-bond acceptors (Lipinski definition) is 6. The van der Waals surface area contributed by atoms with Crippen LogP contribution in [0.5, 0.6) is 0 Å². The SMILES string of the molecule is CCOC(=O)c1nc(CN2CCC(C)C(O)C2)cs1. The van der Waals surface area contributed by atoms with Gasteiger partial charge in [-0.1, -0.05) is 6.92 Å². The molecule has 1 saturated heterocycles. The standard InChI is InChI=1S/C13H20N2O3S/c1-3-18-13(17)12-14-10(8-19-12)6-15-5-4-9(2)11(16)7-15/h8-9,11,16H,3-7H2,1-2H3. The van der Waals surface area contributed by atoms with E-state index in [1.165, 1.54) is 11.3 Å². The van der Waals surface area contributed by atoms with Gasteiger partial charge in [-0.3, -0.25) is 4.90 Å². The molecule has 1 fully saturated rings. The molecule has 0 amide bonds. The summed E-state index contributed by atoms with van der Waals surface area (Å²) in [6.07, 6.45) is 0.729. The number of thiazole rings is 1. The Morgan fingerprint density at radius 2 is 2.47 bits per heavy atom. The summed E-state index contributed by atoms with van der Waals surface area (Å²) in [5, 5.41) is 12.1. The maximum Gasteiger partial charge on any atom is 0.367 e. The number of likely N-dealkylation sites (tertiary alicyclic amines) is 1. The Kier molecular flexibility index (Phi) is 4.90. The summed E-state index contributed by atoms with van der Waals surface area (Å²) < 4.78 is 4.92. The van der Waals surface area contributed by atoms with Crippen molar-refractivity contribution >= 4 is 17.3 Å². The first-order valence-electron chi connectivity index (χ1n) is 6.62. The molecule has 1 N–H and O–H groups in total. The third kappa shape index (κ3) is 3.75. The molecule has 5 nitrogen and oxygen atoms in total. The van der Waals surface area contributed by atoms with Crippen LogP contribution in [0.3, 0.4) is 0 Å². The fourth-order valence-corrected chi connectivity index (χ4v) is 2.85. The number of esters is 1. The number of hydrogen-bond donors (Lipinski definition) is 1. The van der Waals surface area contributed by atoms with Crippen LogP contribution in [0.1, 0.15) is 35.8 Å². The van der Waals surface area contributed by atoms with Crippen molar-refractivity contribution in [2.45, 2.75) is 32.9 Å². The highest BCUT2D eigenvalue weighted by Gasteiger charge is 2.24. The molecule has 19 heavy (non-hydrogen) atoms. The van der Waals surface area contributed by atoms with Crippen LogP contribution >= 0.6 is 11.3 Å². The molecule has 1 aliphatic rings. The van der Waals surface area contributed by atoms with Crippen molar-refractivity contribution in [3.8, 4) is 0 Å². The molecule has 2 heterocycles. The topological polar surface area (TPSA) is 62.7 Å². The Balaban J connectivity index is 1.91. The van der Waals surface area contributed by atoms with E-state index >= 15 is 0 Å². The van der Waals surface area contributed by atoms with Gasteiger partial charge >= 0.3 is 5.97 Å². The second-order valence-corrected chi connectivity index (χ2v) is 5.79. The van der Waals surface area contributed by atoms with Gasteiger partial charge in [0.2, 0.25) is 5.01 Å². The van der Waals surface area contributed by atoms with E-state index in [9.17, 15) is 9.90 Å². The molecule has 0 spiro atoms. The number of nitrogens with zero attached hydrogens (tertiary/aromatic N) is 2. The van der Waals surface area contributed by atoms with Crippen LogP contribution in [0.15, 0.2) is 5.38 Å². The van der Waals surface area contributed by atoms with Crippen molar-refractivity contribution in [2.75, 3.05) is 19.7 Å². The quantitative estimate of drug-likeness (QED) is 0.849. The van der Waals surface area contributed by atoms with Crippen LogP contribution in [0.2, 0.25) is 0 Å². The van der Waals surface area contributed by atoms with E-state index in [0.29, 0.717) is 30.6 Å². The second kappa shape index (κ2) is 6.45. The van der Waals surface area contributed by atoms with Gasteiger partial charge in [-0.2, -0.15) is 0 Å². The van der Waals surface area contributed by atoms with Gasteiger partial charge in [-0.25, -0.2) is 9.78 Å². The summed E-state index contributed by atoms with van der Waals surface area (Å²) in [5.41, 5.74) is 0.870. The smallest absolute Gasteiger partial charge is 0.367 e. The predicted octanol–water partition coefficient (Wildman–Crippen LogP) is 1.52. The average Bonchev–Trinajstić information content (AvgIpc) is 2.83. The van der Waals surface area contributed by atoms with E-state index < -0.39 is 0 Å². The van der Waals surface area contributed by atoms with Crippen LogP contribution in [0.25, 0.3) is 0 Å². The zero-order valence-electron chi connectivity index (χ0n) is 11.3. The van der Waals surface area contributed by atoms with Crippen LogP contribution < -0.4 is 0 Å². The first-order chi connectivity index (χ1) is 9.10. The van der Waals surface area contributed by atoms with Gasteiger partial charge in [0.1, 0.15) is 0 Å². The van der Waals surface area contributed by atoms with E-state index in [2.05, 4.69) is 16.8 Å². The van der Waals surface area contributed by atoms with Crippen LogP contribution in [-0.4, -0.2) is 46.8 Å². The Morgan fingerprint density at radius 3 is 3.16 bits per heavy atom. The van der Waals surface area contributed by atoms with Crippen molar-refractivity contribution in [1.82, 2.24) is 9.88 Å². The number of rotatable bonds is 4. The molecule has 106 valence electrons. The molecular weight excluding hydrogens is 264 g/mol. The number of aliphatic hydroxyl groups excluding tert-OH is 1. The minimum atomic E-state index is -0.356. The molecule has 0 bridgehead atoms. The molecular formula is C13H20N2O3S. The normalized spacial score (nSPS) is 24.4. The molecule has 0 radical (unpaired) electrons. The van der Waals surface area contributed by atoms with Crippen molar-refractivity contribution < 1.29 is 14.6 Å². The monoisotopic (exact) mass is 284 g/mol. The number of carbonyl (C=O) groups excluding carboxylic acids is 1. The lowest BCUT2D eigenvalue weighted by Gasteiger charge is -2.33. The lowest BCUT2D eigenvalue weighted by Crippen LogP contribution is -2.42. The van der Waals surface area contributed by atoms with E-state index in [1.807, 2.05) is 5.38 Å². The van der Waals surface area contributed by atoms with Crippen LogP contribution in [0, 0.1) is 5.92 Å². The Morgan fingerprint density at radius 1 is 1.68 bits per heavy atom. The van der Waals surface area contributed by atoms with E-state index in [1.54, 1.807) is 6.92 Å². The molecule has 2 unspecified atom stereocenters. The van der Waals surface area contributed by atoms with Crippen molar-refractivity contribution in [1.29, 1.82) is 0 Å². The van der Waals surface area contributed by atoms with Gasteiger partial charge in [0, 0.05) is 18.5 Å². The summed E-state index contributed by atoms with van der Waals surface area (Å²) in [6, 6.07) is 0. The van der Waals surface area contributed by atoms with Crippen LogP contribution in [-0.2, 0) is 11.3 Å². The molecule has 1 aromatic heterocycles. The highest BCUT2D eigenvalue weighted by Crippen LogP contribution is 2.20. The molecule has 0 aliphatic carbocycles. The first kappa shape index (κ1) is 14.4. The summed E-state index contributed by atoms with van der Waals surface area (Å²) in [6.45, 7) is 6.54. The summed E-state index contributed by atoms with van der Waals surface area (Å²) in [7, 11) is 0. The number of carbonyl (C=O) groups is 1. The summed E-state index contributed by atoms with van der Waals surface area (Å²) in [4.78, 5) is 18.0. The fourth-order valence-electron chi connectivity index (χ4n) is 2.15. The third-order valence-corrected chi connectivity index (χ3v) is 4.26. The highest BCUT2D eigenvalue weighted by atomic mass is 32.1. The maximum absolute atomic E-state index is 11.5. The molecule has 0 aromatic carbocycles. The molecule has 1 aliphatic heterocycles. The van der Waals surface area contributed by atoms with Gasteiger partial charge < -0.3 is 9.84 Å². The lowest BCUT2D eigenvalue weighted by atomic mass is 9.96. The Hall–Kier alpha value is -0.980. The number of ether oxygens (including phenoxy) is 1. The minimum Gasteiger partial charge on any atom is -0.461 e. The fraction of sp³-hybridized carbons (Fsp3) is 0.692. The van der Waals surface area contributed by atoms with E-state index in [-0.39, 0.29) is 12.1 Å². The van der Waals surface area contributed by atoms with Gasteiger partial charge in [0.05, 0.1) is 18.4 Å². The van der Waals surface area contributed by atoms with Gasteiger partial charge in [0.15, 0.2) is 0 Å². The Bertz CT molecular complexity index is 435. The van der Waals surface area contributed by atoms with Crippen LogP contribution in [0.4, 0.5) is 0 Å². The molecule has 0 saturated carbocycles. The van der Waals surface area contributed by atoms with E-state index in [4.69, 9.17) is 4.74 Å². The highest BCUT2D eigenvalue weighted by molar-refractivity contribution is 7.11. The summed E-state index contributed by atoms with van der Waals surface area (Å²) >= 11 is 1.31. The van der Waals surface area contributed by atoms with Gasteiger partial charge in [0.25, 0.3) is 0 Å². The molecule has 2 atom stereocenters. The zero-order chi connectivity index (χ0) is 13.8. The maximum atomic E-state index is 11.5. The van der Waals surface area contributed by atoms with Crippen molar-refractivity contribution in [2.24, 2.45) is 5.92 Å². The first-order valence-corrected chi connectivity index (χ1v) is 7.50. The molecule has 6 heteroatoms. The minimum absolute atomic E-state index is 0.267. The van der Waals surface area contributed by atoms with Crippen molar-refractivity contribution in [3.63, 3.8) is 0 Å². The lowest BCUT2D eigenvalue weighted by molar-refractivity contribution is 0.0254. The Labute approximate surface area is 117 Å². The second-order valence-electron chi connectivity index (χ2n) is 4.93. The number of aromatic nitrogens is 1. The van der Waals surface area contributed by atoms with Crippen molar-refractivity contribution in [3.05, 3.63) is 16.1 Å². The number of aliphatic hydroxyl groups is 1. The zero-order valence-corrected chi connectivity index (χ0v) is 12.2. The molecule has 1 aromatic rings. The predicted molar refractivity (Wildman–Crippen MR) is 73.1 cm³/mol. The average molecular weight is 284 g/mol. The van der Waals surface area contributed by atoms with Gasteiger partial charge in [-0.05, 0) is 25.8 Å². The van der Waals surface area contributed by atoms with E-state index in [0.717, 1.165) is 18.7 Å². The summed E-state index contributed by atoms with van der Waals surface area (Å²) in [5.74, 6) is 0.00725. The number of piperidine rings is 1. The largest absolute Gasteiger partial charge is 0.461 e. The number of β-amino-alcohol motifs (C(OH)–C–C–N with tert-alkyl or cyclic N) is 1. The molecule has 2 rings (SSSR count). The third-order valence-electron chi connectivity index (χ3n) is 3.39.